The molecule has 3 nitrogen and oxygen atoms in total. The van der Waals surface area contributed by atoms with E-state index in [9.17, 15) is 5.11 Å². The van der Waals surface area contributed by atoms with Crippen molar-refractivity contribution in [2.45, 2.75) is 59.6 Å². The highest BCUT2D eigenvalue weighted by Crippen LogP contribution is 2.21. The van der Waals surface area contributed by atoms with Crippen LogP contribution in [0.3, 0.4) is 0 Å². The molecule has 1 atom stereocenters. The van der Waals surface area contributed by atoms with Gasteiger partial charge in [-0.3, -0.25) is 0 Å². The lowest BCUT2D eigenvalue weighted by molar-refractivity contribution is 0.0354. The van der Waals surface area contributed by atoms with Crippen LogP contribution in [0, 0.1) is 5.41 Å². The summed E-state index contributed by atoms with van der Waals surface area (Å²) in [5, 5.41) is 13.2. The molecule has 2 N–H and O–H groups in total. The molecule has 0 aliphatic heterocycles. The van der Waals surface area contributed by atoms with Crippen molar-refractivity contribution in [3.63, 3.8) is 0 Å². The summed E-state index contributed by atoms with van der Waals surface area (Å²) in [5.41, 5.74) is -0.324. The van der Waals surface area contributed by atoms with E-state index in [0.717, 1.165) is 26.1 Å². The standard InChI is InChI=1S/C14H32N2O/c1-8-16(11-14(5,6)17)10-9-12(15-7)13(2,3)4/h12,15,17H,8-11H2,1-7H3. The molecule has 17 heavy (non-hydrogen) atoms. The highest BCUT2D eigenvalue weighted by molar-refractivity contribution is 4.81. The van der Waals surface area contributed by atoms with Crippen LogP contribution in [0.2, 0.25) is 0 Å². The van der Waals surface area contributed by atoms with Crippen LogP contribution in [0.1, 0.15) is 48.0 Å². The zero-order chi connectivity index (χ0) is 13.7. The maximum atomic E-state index is 9.84. The summed E-state index contributed by atoms with van der Waals surface area (Å²) in [6, 6.07) is 0.512. The molecule has 0 aromatic rings. The Kier molecular flexibility index (Phi) is 6.67. The Morgan fingerprint density at radius 1 is 1.18 bits per heavy atom. The summed E-state index contributed by atoms with van der Waals surface area (Å²) in [6.07, 6.45) is 1.12. The third-order valence-corrected chi connectivity index (χ3v) is 3.19. The molecule has 0 saturated heterocycles. The van der Waals surface area contributed by atoms with E-state index in [-0.39, 0.29) is 5.41 Å². The van der Waals surface area contributed by atoms with E-state index in [1.807, 2.05) is 20.9 Å². The van der Waals surface area contributed by atoms with E-state index in [4.69, 9.17) is 0 Å². The molecule has 0 bridgehead atoms. The van der Waals surface area contributed by atoms with Crippen LogP contribution in [0.25, 0.3) is 0 Å². The Morgan fingerprint density at radius 3 is 2.00 bits per heavy atom. The summed E-state index contributed by atoms with van der Waals surface area (Å²) < 4.78 is 0. The van der Waals surface area contributed by atoms with Gasteiger partial charge in [0.25, 0.3) is 0 Å². The summed E-state index contributed by atoms with van der Waals surface area (Å²) in [5.74, 6) is 0. The van der Waals surface area contributed by atoms with Crippen LogP contribution in [0.15, 0.2) is 0 Å². The molecule has 0 aliphatic rings. The van der Waals surface area contributed by atoms with Gasteiger partial charge in [0.2, 0.25) is 0 Å². The first-order valence-electron chi connectivity index (χ1n) is 6.72. The van der Waals surface area contributed by atoms with Gasteiger partial charge in [-0.2, -0.15) is 0 Å². The first-order valence-corrected chi connectivity index (χ1v) is 6.72. The average Bonchev–Trinajstić information content (AvgIpc) is 2.12. The summed E-state index contributed by atoms with van der Waals surface area (Å²) in [4.78, 5) is 2.32. The van der Waals surface area contributed by atoms with Crippen molar-refractivity contribution in [2.75, 3.05) is 26.7 Å². The normalized spacial score (nSPS) is 15.4. The van der Waals surface area contributed by atoms with Gasteiger partial charge in [-0.15, -0.1) is 0 Å². The summed E-state index contributed by atoms with van der Waals surface area (Å²) in [7, 11) is 2.03. The molecular formula is C14H32N2O. The number of nitrogens with zero attached hydrogens (tertiary/aromatic N) is 1. The topological polar surface area (TPSA) is 35.5 Å². The van der Waals surface area contributed by atoms with E-state index in [1.165, 1.54) is 0 Å². The minimum absolute atomic E-state index is 0.281. The molecule has 3 heteroatoms. The molecule has 0 radical (unpaired) electrons. The van der Waals surface area contributed by atoms with Crippen LogP contribution in [-0.4, -0.2) is 48.3 Å². The number of hydrogen-bond acceptors (Lipinski definition) is 3. The fourth-order valence-corrected chi connectivity index (χ4v) is 2.22. The molecule has 0 spiro atoms. The Balaban J connectivity index is 4.22. The molecule has 0 fully saturated rings. The third kappa shape index (κ3) is 7.74. The SMILES string of the molecule is CCN(CCC(NC)C(C)(C)C)CC(C)(C)O. The van der Waals surface area contributed by atoms with Crippen LogP contribution in [-0.2, 0) is 0 Å². The number of rotatable bonds is 7. The predicted octanol–water partition coefficient (Wildman–Crippen LogP) is 2.10. The average molecular weight is 244 g/mol. The van der Waals surface area contributed by atoms with Crippen molar-refractivity contribution in [1.29, 1.82) is 0 Å². The van der Waals surface area contributed by atoms with Crippen LogP contribution >= 0.6 is 0 Å². The van der Waals surface area contributed by atoms with Crippen molar-refractivity contribution >= 4 is 0 Å². The Morgan fingerprint density at radius 2 is 1.71 bits per heavy atom. The van der Waals surface area contributed by atoms with Gasteiger partial charge >= 0.3 is 0 Å². The second kappa shape index (κ2) is 6.72. The highest BCUT2D eigenvalue weighted by atomic mass is 16.3. The molecule has 0 aromatic carbocycles. The number of aliphatic hydroxyl groups is 1. The molecule has 104 valence electrons. The van der Waals surface area contributed by atoms with Crippen molar-refractivity contribution in [2.24, 2.45) is 5.41 Å². The molecule has 0 amide bonds. The first-order chi connectivity index (χ1) is 7.60. The van der Waals surface area contributed by atoms with Crippen molar-refractivity contribution in [1.82, 2.24) is 10.2 Å². The Hall–Kier alpha value is -0.120. The van der Waals surface area contributed by atoms with E-state index in [1.54, 1.807) is 0 Å². The van der Waals surface area contributed by atoms with Gasteiger partial charge in [0.1, 0.15) is 0 Å². The lowest BCUT2D eigenvalue weighted by Crippen LogP contribution is -2.44. The zero-order valence-corrected chi connectivity index (χ0v) is 12.8. The van der Waals surface area contributed by atoms with Crippen molar-refractivity contribution in [3.8, 4) is 0 Å². The first kappa shape index (κ1) is 16.9. The molecule has 0 aromatic heterocycles. The minimum Gasteiger partial charge on any atom is -0.389 e. The predicted molar refractivity (Wildman–Crippen MR) is 75.3 cm³/mol. The van der Waals surface area contributed by atoms with Crippen molar-refractivity contribution < 1.29 is 5.11 Å². The number of likely N-dealkylation sites (N-methyl/N-ethyl adjacent to an activating group) is 1. The van der Waals surface area contributed by atoms with Gasteiger partial charge in [0.15, 0.2) is 0 Å². The monoisotopic (exact) mass is 244 g/mol. The molecule has 0 saturated carbocycles. The van der Waals surface area contributed by atoms with Gasteiger partial charge in [-0.25, -0.2) is 0 Å². The second-order valence-electron chi connectivity index (χ2n) is 6.68. The lowest BCUT2D eigenvalue weighted by Gasteiger charge is -2.34. The smallest absolute Gasteiger partial charge is 0.0718 e. The molecule has 0 aliphatic carbocycles. The van der Waals surface area contributed by atoms with Crippen LogP contribution < -0.4 is 5.32 Å². The van der Waals surface area contributed by atoms with Crippen molar-refractivity contribution in [3.05, 3.63) is 0 Å². The molecule has 0 heterocycles. The zero-order valence-electron chi connectivity index (χ0n) is 12.8. The van der Waals surface area contributed by atoms with E-state index in [2.05, 4.69) is 37.9 Å². The quantitative estimate of drug-likeness (QED) is 0.720. The third-order valence-electron chi connectivity index (χ3n) is 3.19. The van der Waals surface area contributed by atoms with E-state index in [0.29, 0.717) is 6.04 Å². The fourth-order valence-electron chi connectivity index (χ4n) is 2.22. The van der Waals surface area contributed by atoms with Gasteiger partial charge in [-0.05, 0) is 45.8 Å². The van der Waals surface area contributed by atoms with E-state index >= 15 is 0 Å². The lowest BCUT2D eigenvalue weighted by atomic mass is 9.85. The van der Waals surface area contributed by atoms with Gasteiger partial charge in [-0.1, -0.05) is 27.7 Å². The number of hydrogen-bond donors (Lipinski definition) is 2. The summed E-state index contributed by atoms with van der Waals surface area (Å²) in [6.45, 7) is 15.4. The number of nitrogens with one attached hydrogen (secondary N) is 1. The fraction of sp³-hybridized carbons (Fsp3) is 1.00. The Labute approximate surface area is 108 Å². The maximum absolute atomic E-state index is 9.84. The van der Waals surface area contributed by atoms with Gasteiger partial charge in [0.05, 0.1) is 5.60 Å². The highest BCUT2D eigenvalue weighted by Gasteiger charge is 2.24. The van der Waals surface area contributed by atoms with E-state index < -0.39 is 5.60 Å². The minimum atomic E-state index is -0.604. The summed E-state index contributed by atoms with van der Waals surface area (Å²) >= 11 is 0. The maximum Gasteiger partial charge on any atom is 0.0718 e. The molecule has 1 unspecified atom stereocenters. The van der Waals surface area contributed by atoms with Gasteiger partial charge < -0.3 is 15.3 Å². The molecule has 0 rings (SSSR count). The molecular weight excluding hydrogens is 212 g/mol. The largest absolute Gasteiger partial charge is 0.389 e. The second-order valence-corrected chi connectivity index (χ2v) is 6.68. The van der Waals surface area contributed by atoms with Crippen LogP contribution in [0.5, 0.6) is 0 Å². The van der Waals surface area contributed by atoms with Crippen LogP contribution in [0.4, 0.5) is 0 Å². The Bertz CT molecular complexity index is 203. The van der Waals surface area contributed by atoms with Gasteiger partial charge in [0, 0.05) is 12.6 Å².